The van der Waals surface area contributed by atoms with Crippen molar-refractivity contribution >= 4 is 0 Å². The second-order valence-corrected chi connectivity index (χ2v) is 5.97. The number of aliphatic hydroxyl groups is 1. The van der Waals surface area contributed by atoms with Gasteiger partial charge in [0, 0.05) is 13.0 Å². The van der Waals surface area contributed by atoms with Gasteiger partial charge in [-0.2, -0.15) is 0 Å². The third kappa shape index (κ3) is 2.62. The lowest BCUT2D eigenvalue weighted by molar-refractivity contribution is -0.0487. The molecule has 2 aromatic carbocycles. The first kappa shape index (κ1) is 15.1. The molecule has 0 amide bonds. The van der Waals surface area contributed by atoms with Crippen LogP contribution in [0.3, 0.4) is 0 Å². The van der Waals surface area contributed by atoms with Crippen molar-refractivity contribution in [1.29, 1.82) is 0 Å². The zero-order valence-electron chi connectivity index (χ0n) is 13.2. The van der Waals surface area contributed by atoms with Crippen LogP contribution in [0.1, 0.15) is 29.7 Å². The largest absolute Gasteiger partial charge is 0.482 e. The lowest BCUT2D eigenvalue weighted by Crippen LogP contribution is -2.45. The van der Waals surface area contributed by atoms with Crippen molar-refractivity contribution in [2.45, 2.75) is 31.5 Å². The molecule has 2 atom stereocenters. The first-order valence-corrected chi connectivity index (χ1v) is 7.87. The normalized spacial score (nSPS) is 23.3. The van der Waals surface area contributed by atoms with E-state index < -0.39 is 5.60 Å². The number of hydrogen-bond acceptors (Lipinski definition) is 3. The minimum atomic E-state index is -0.917. The van der Waals surface area contributed by atoms with Crippen LogP contribution in [0.5, 0.6) is 5.75 Å². The third-order valence-corrected chi connectivity index (χ3v) is 4.40. The van der Waals surface area contributed by atoms with Gasteiger partial charge in [-0.25, -0.2) is 0 Å². The molecule has 0 aliphatic heterocycles. The van der Waals surface area contributed by atoms with Gasteiger partial charge in [-0.05, 0) is 36.2 Å². The molecule has 2 N–H and O–H groups in total. The van der Waals surface area contributed by atoms with Gasteiger partial charge in [0.15, 0.2) is 6.10 Å². The lowest BCUT2D eigenvalue weighted by Gasteiger charge is -2.31. The van der Waals surface area contributed by atoms with E-state index in [-0.39, 0.29) is 6.10 Å². The molecule has 0 spiro atoms. The summed E-state index contributed by atoms with van der Waals surface area (Å²) in [7, 11) is 1.86. The highest BCUT2D eigenvalue weighted by molar-refractivity contribution is 5.41. The standard InChI is InChI=1S/C19H23NO2/c1-3-14-8-5-7-11-17(14)22-18-16-10-6-4-9-15(16)12-19(18,21)13-20-2/h4-11,18,20-21H,3,12-13H2,1-2H3. The highest BCUT2D eigenvalue weighted by Crippen LogP contribution is 2.42. The van der Waals surface area contributed by atoms with Crippen molar-refractivity contribution in [3.63, 3.8) is 0 Å². The van der Waals surface area contributed by atoms with Crippen molar-refractivity contribution in [2.75, 3.05) is 13.6 Å². The molecule has 2 unspecified atom stereocenters. The molecule has 0 aromatic heterocycles. The van der Waals surface area contributed by atoms with Gasteiger partial charge in [0.25, 0.3) is 0 Å². The van der Waals surface area contributed by atoms with Crippen LogP contribution in [0.15, 0.2) is 48.5 Å². The molecule has 0 bridgehead atoms. The number of fused-ring (bicyclic) bond motifs is 1. The maximum absolute atomic E-state index is 11.1. The molecule has 3 nitrogen and oxygen atoms in total. The van der Waals surface area contributed by atoms with Gasteiger partial charge in [0.05, 0.1) is 0 Å². The summed E-state index contributed by atoms with van der Waals surface area (Å²) in [6.45, 7) is 2.62. The Hall–Kier alpha value is -1.84. The van der Waals surface area contributed by atoms with Crippen LogP contribution in [-0.2, 0) is 12.8 Å². The van der Waals surface area contributed by atoms with Crippen LogP contribution >= 0.6 is 0 Å². The highest BCUT2D eigenvalue weighted by atomic mass is 16.5. The monoisotopic (exact) mass is 297 g/mol. The third-order valence-electron chi connectivity index (χ3n) is 4.40. The summed E-state index contributed by atoms with van der Waals surface area (Å²) in [6.07, 6.45) is 1.18. The summed E-state index contributed by atoms with van der Waals surface area (Å²) < 4.78 is 6.30. The van der Waals surface area contributed by atoms with E-state index in [9.17, 15) is 5.11 Å². The summed E-state index contributed by atoms with van der Waals surface area (Å²) in [4.78, 5) is 0. The molecule has 1 aliphatic rings. The average Bonchev–Trinajstić information content (AvgIpc) is 2.80. The second-order valence-electron chi connectivity index (χ2n) is 5.97. The van der Waals surface area contributed by atoms with Gasteiger partial charge >= 0.3 is 0 Å². The maximum atomic E-state index is 11.1. The number of benzene rings is 2. The second kappa shape index (κ2) is 6.11. The molecule has 1 aliphatic carbocycles. The molecule has 22 heavy (non-hydrogen) atoms. The van der Waals surface area contributed by atoms with E-state index in [2.05, 4.69) is 30.4 Å². The first-order valence-electron chi connectivity index (χ1n) is 7.87. The molecular formula is C19H23NO2. The molecule has 116 valence electrons. The molecule has 3 heteroatoms. The van der Waals surface area contributed by atoms with Gasteiger partial charge in [-0.1, -0.05) is 49.4 Å². The minimum absolute atomic E-state index is 0.344. The molecule has 0 saturated carbocycles. The molecule has 0 fully saturated rings. The van der Waals surface area contributed by atoms with Crippen LogP contribution in [-0.4, -0.2) is 24.3 Å². The Labute approximate surface area is 131 Å². The Morgan fingerprint density at radius 1 is 1.18 bits per heavy atom. The molecule has 0 heterocycles. The first-order chi connectivity index (χ1) is 10.7. The fourth-order valence-electron chi connectivity index (χ4n) is 3.34. The predicted octanol–water partition coefficient (Wildman–Crippen LogP) is 2.88. The Morgan fingerprint density at radius 2 is 1.91 bits per heavy atom. The fourth-order valence-corrected chi connectivity index (χ4v) is 3.34. The summed E-state index contributed by atoms with van der Waals surface area (Å²) in [5, 5.41) is 14.2. The van der Waals surface area contributed by atoms with E-state index in [1.165, 1.54) is 11.1 Å². The van der Waals surface area contributed by atoms with Gasteiger partial charge < -0.3 is 15.2 Å². The number of hydrogen-bond donors (Lipinski definition) is 2. The van der Waals surface area contributed by atoms with Crippen molar-refractivity contribution in [2.24, 2.45) is 0 Å². The van der Waals surface area contributed by atoms with Crippen molar-refractivity contribution in [1.82, 2.24) is 5.32 Å². The Balaban J connectivity index is 1.98. The van der Waals surface area contributed by atoms with Gasteiger partial charge in [-0.15, -0.1) is 0 Å². The number of ether oxygens (including phenoxy) is 1. The minimum Gasteiger partial charge on any atom is -0.482 e. The van der Waals surface area contributed by atoms with Crippen LogP contribution in [0.25, 0.3) is 0 Å². The van der Waals surface area contributed by atoms with E-state index in [4.69, 9.17) is 4.74 Å². The smallest absolute Gasteiger partial charge is 0.154 e. The number of aryl methyl sites for hydroxylation is 1. The number of likely N-dealkylation sites (N-methyl/N-ethyl adjacent to an activating group) is 1. The van der Waals surface area contributed by atoms with Crippen LogP contribution in [0.4, 0.5) is 0 Å². The zero-order chi connectivity index (χ0) is 15.6. The van der Waals surface area contributed by atoms with E-state index in [0.717, 1.165) is 17.7 Å². The van der Waals surface area contributed by atoms with Gasteiger partial charge in [0.2, 0.25) is 0 Å². The zero-order valence-corrected chi connectivity index (χ0v) is 13.2. The SMILES string of the molecule is CCc1ccccc1OC1c2ccccc2CC1(O)CNC. The van der Waals surface area contributed by atoms with Crippen molar-refractivity contribution in [3.8, 4) is 5.75 Å². The predicted molar refractivity (Wildman–Crippen MR) is 88.2 cm³/mol. The maximum Gasteiger partial charge on any atom is 0.154 e. The van der Waals surface area contributed by atoms with E-state index in [0.29, 0.717) is 13.0 Å². The summed E-state index contributed by atoms with van der Waals surface area (Å²) >= 11 is 0. The van der Waals surface area contributed by atoms with E-state index >= 15 is 0 Å². The number of para-hydroxylation sites is 1. The summed E-state index contributed by atoms with van der Waals surface area (Å²) in [5.74, 6) is 0.862. The lowest BCUT2D eigenvalue weighted by atomic mass is 9.97. The molecular weight excluding hydrogens is 274 g/mol. The summed E-state index contributed by atoms with van der Waals surface area (Å²) in [5.41, 5.74) is 2.50. The average molecular weight is 297 g/mol. The number of nitrogens with one attached hydrogen (secondary N) is 1. The van der Waals surface area contributed by atoms with Crippen LogP contribution in [0.2, 0.25) is 0 Å². The Morgan fingerprint density at radius 3 is 2.68 bits per heavy atom. The Bertz CT molecular complexity index is 655. The van der Waals surface area contributed by atoms with Gasteiger partial charge in [-0.3, -0.25) is 0 Å². The van der Waals surface area contributed by atoms with Gasteiger partial charge in [0.1, 0.15) is 11.4 Å². The topological polar surface area (TPSA) is 41.5 Å². The van der Waals surface area contributed by atoms with E-state index in [1.54, 1.807) is 0 Å². The molecule has 3 rings (SSSR count). The van der Waals surface area contributed by atoms with Crippen LogP contribution < -0.4 is 10.1 Å². The highest BCUT2D eigenvalue weighted by Gasteiger charge is 2.46. The molecule has 2 aromatic rings. The quantitative estimate of drug-likeness (QED) is 0.891. The molecule has 0 saturated heterocycles. The number of rotatable bonds is 5. The van der Waals surface area contributed by atoms with Crippen molar-refractivity contribution in [3.05, 3.63) is 65.2 Å². The Kier molecular flexibility index (Phi) is 4.19. The van der Waals surface area contributed by atoms with Crippen LogP contribution in [0, 0.1) is 0 Å². The summed E-state index contributed by atoms with van der Waals surface area (Å²) in [6, 6.07) is 16.2. The van der Waals surface area contributed by atoms with E-state index in [1.807, 2.05) is 37.4 Å². The molecule has 0 radical (unpaired) electrons. The fraction of sp³-hybridized carbons (Fsp3) is 0.368. The van der Waals surface area contributed by atoms with Crippen molar-refractivity contribution < 1.29 is 9.84 Å².